The zero-order chi connectivity index (χ0) is 19.7. The van der Waals surface area contributed by atoms with Crippen LogP contribution in [0.3, 0.4) is 0 Å². The monoisotopic (exact) mass is 371 g/mol. The summed E-state index contributed by atoms with van der Waals surface area (Å²) in [6, 6.07) is 13.9. The van der Waals surface area contributed by atoms with E-state index in [2.05, 4.69) is 23.8 Å². The van der Waals surface area contributed by atoms with Crippen molar-refractivity contribution in [3.63, 3.8) is 0 Å². The maximum absolute atomic E-state index is 11.4. The number of aromatic nitrogens is 4. The van der Waals surface area contributed by atoms with Crippen LogP contribution in [0.25, 0.3) is 28.2 Å². The van der Waals surface area contributed by atoms with Gasteiger partial charge in [0.2, 0.25) is 5.91 Å². The van der Waals surface area contributed by atoms with Gasteiger partial charge in [-0.3, -0.25) is 14.8 Å². The molecule has 4 heterocycles. The Morgan fingerprint density at radius 3 is 2.75 bits per heavy atom. The molecule has 0 aromatic carbocycles. The Hall–Kier alpha value is -3.54. The first-order valence-corrected chi connectivity index (χ1v) is 9.20. The molecule has 0 aliphatic heterocycles. The molecule has 4 aromatic heterocycles. The standard InChI is InChI=1S/C22H21N5O/c1-14(2)18-6-3-7-19(26-18)22-17(5-4-10-24-22)15-8-9-21-25-12-16(11-20(23)28)27(21)13-15/h3-10,12-14H,11H2,1-2H3,(H2,23,28). The molecule has 0 bridgehead atoms. The molecule has 28 heavy (non-hydrogen) atoms. The number of pyridine rings is 3. The average Bonchev–Trinajstić information content (AvgIpc) is 3.09. The molecule has 4 rings (SSSR count). The molecule has 0 spiro atoms. The molecule has 6 nitrogen and oxygen atoms in total. The van der Waals surface area contributed by atoms with E-state index in [9.17, 15) is 4.79 Å². The highest BCUT2D eigenvalue weighted by molar-refractivity contribution is 5.80. The van der Waals surface area contributed by atoms with Gasteiger partial charge in [-0.05, 0) is 36.2 Å². The first-order chi connectivity index (χ1) is 13.5. The number of amides is 1. The van der Waals surface area contributed by atoms with Crippen LogP contribution >= 0.6 is 0 Å². The summed E-state index contributed by atoms with van der Waals surface area (Å²) in [5, 5.41) is 0. The Morgan fingerprint density at radius 2 is 1.96 bits per heavy atom. The van der Waals surface area contributed by atoms with Crippen LogP contribution in [0.4, 0.5) is 0 Å². The van der Waals surface area contributed by atoms with Crippen LogP contribution in [-0.2, 0) is 11.2 Å². The van der Waals surface area contributed by atoms with E-state index in [-0.39, 0.29) is 12.3 Å². The minimum atomic E-state index is -0.385. The number of rotatable bonds is 5. The summed E-state index contributed by atoms with van der Waals surface area (Å²) in [6.07, 6.45) is 5.56. The molecule has 0 atom stereocenters. The first-order valence-electron chi connectivity index (χ1n) is 9.20. The fourth-order valence-corrected chi connectivity index (χ4v) is 3.25. The van der Waals surface area contributed by atoms with Crippen molar-refractivity contribution in [2.75, 3.05) is 0 Å². The molecule has 4 aromatic rings. The van der Waals surface area contributed by atoms with Crippen molar-refractivity contribution in [2.45, 2.75) is 26.2 Å². The molecule has 0 fully saturated rings. The van der Waals surface area contributed by atoms with E-state index < -0.39 is 0 Å². The molecule has 6 heteroatoms. The highest BCUT2D eigenvalue weighted by Gasteiger charge is 2.13. The number of hydrogen-bond acceptors (Lipinski definition) is 4. The number of carbonyl (C=O) groups is 1. The molecule has 2 N–H and O–H groups in total. The van der Waals surface area contributed by atoms with E-state index in [1.165, 1.54) is 0 Å². The zero-order valence-corrected chi connectivity index (χ0v) is 15.8. The summed E-state index contributed by atoms with van der Waals surface area (Å²) in [6.45, 7) is 4.25. The first kappa shape index (κ1) is 17.9. The van der Waals surface area contributed by atoms with Crippen LogP contribution in [0.2, 0.25) is 0 Å². The van der Waals surface area contributed by atoms with Crippen molar-refractivity contribution >= 4 is 11.6 Å². The SMILES string of the molecule is CC(C)c1cccc(-c2ncccc2-c2ccc3ncc(CC(N)=O)n3c2)n1. The smallest absolute Gasteiger partial charge is 0.223 e. The van der Waals surface area contributed by atoms with E-state index in [1.54, 1.807) is 12.4 Å². The molecule has 140 valence electrons. The molecule has 0 radical (unpaired) electrons. The van der Waals surface area contributed by atoms with Crippen molar-refractivity contribution in [1.29, 1.82) is 0 Å². The molecule has 0 aliphatic rings. The number of imidazole rings is 1. The lowest BCUT2D eigenvalue weighted by molar-refractivity contribution is -0.117. The number of carbonyl (C=O) groups excluding carboxylic acids is 1. The average molecular weight is 371 g/mol. The van der Waals surface area contributed by atoms with Crippen molar-refractivity contribution < 1.29 is 4.79 Å². The summed E-state index contributed by atoms with van der Waals surface area (Å²) in [4.78, 5) is 25.1. The van der Waals surface area contributed by atoms with Gasteiger partial charge in [0.15, 0.2) is 0 Å². The fourth-order valence-electron chi connectivity index (χ4n) is 3.25. The fraction of sp³-hybridized carbons (Fsp3) is 0.182. The number of primary amides is 1. The highest BCUT2D eigenvalue weighted by Crippen LogP contribution is 2.30. The Morgan fingerprint density at radius 1 is 1.11 bits per heavy atom. The number of nitrogens with zero attached hydrogens (tertiary/aromatic N) is 4. The second-order valence-electron chi connectivity index (χ2n) is 7.04. The van der Waals surface area contributed by atoms with Crippen LogP contribution < -0.4 is 5.73 Å². The van der Waals surface area contributed by atoms with E-state index >= 15 is 0 Å². The summed E-state index contributed by atoms with van der Waals surface area (Å²) in [5.41, 5.74) is 11.5. The topological polar surface area (TPSA) is 86.2 Å². The maximum atomic E-state index is 11.4. The van der Waals surface area contributed by atoms with E-state index in [4.69, 9.17) is 10.7 Å². The van der Waals surface area contributed by atoms with Gasteiger partial charge in [-0.25, -0.2) is 4.98 Å². The lowest BCUT2D eigenvalue weighted by Crippen LogP contribution is -2.14. The van der Waals surface area contributed by atoms with Crippen LogP contribution in [0.15, 0.2) is 61.1 Å². The molecular formula is C22H21N5O. The Balaban J connectivity index is 1.84. The Labute approximate surface area is 163 Å². The Kier molecular flexibility index (Phi) is 4.61. The van der Waals surface area contributed by atoms with E-state index in [1.807, 2.05) is 53.1 Å². The molecule has 1 amide bonds. The quantitative estimate of drug-likeness (QED) is 0.581. The number of fused-ring (bicyclic) bond motifs is 1. The zero-order valence-electron chi connectivity index (χ0n) is 15.8. The maximum Gasteiger partial charge on any atom is 0.223 e. The molecule has 0 saturated carbocycles. The van der Waals surface area contributed by atoms with Gasteiger partial charge in [0.25, 0.3) is 0 Å². The van der Waals surface area contributed by atoms with E-state index in [0.717, 1.165) is 39.5 Å². The van der Waals surface area contributed by atoms with Crippen LogP contribution in [0.1, 0.15) is 31.2 Å². The van der Waals surface area contributed by atoms with Crippen LogP contribution in [-0.4, -0.2) is 25.3 Å². The molecule has 0 saturated heterocycles. The lowest BCUT2D eigenvalue weighted by atomic mass is 10.0. The largest absolute Gasteiger partial charge is 0.369 e. The second kappa shape index (κ2) is 7.23. The van der Waals surface area contributed by atoms with Crippen LogP contribution in [0.5, 0.6) is 0 Å². The van der Waals surface area contributed by atoms with Gasteiger partial charge in [-0.2, -0.15) is 0 Å². The summed E-state index contributed by atoms with van der Waals surface area (Å²) >= 11 is 0. The van der Waals surface area contributed by atoms with Crippen molar-refractivity contribution in [3.8, 4) is 22.5 Å². The van der Waals surface area contributed by atoms with Gasteiger partial charge in [0, 0.05) is 35.4 Å². The van der Waals surface area contributed by atoms with Gasteiger partial charge >= 0.3 is 0 Å². The highest BCUT2D eigenvalue weighted by atomic mass is 16.1. The predicted octanol–water partition coefficient (Wildman–Crippen LogP) is 3.61. The third kappa shape index (κ3) is 3.36. The third-order valence-electron chi connectivity index (χ3n) is 4.66. The van der Waals surface area contributed by atoms with Gasteiger partial charge in [-0.15, -0.1) is 0 Å². The third-order valence-corrected chi connectivity index (χ3v) is 4.66. The van der Waals surface area contributed by atoms with Gasteiger partial charge in [0.1, 0.15) is 5.65 Å². The summed E-state index contributed by atoms with van der Waals surface area (Å²) < 4.78 is 1.90. The van der Waals surface area contributed by atoms with E-state index in [0.29, 0.717) is 5.92 Å². The van der Waals surface area contributed by atoms with Gasteiger partial charge in [0.05, 0.1) is 23.5 Å². The number of hydrogen-bond donors (Lipinski definition) is 1. The van der Waals surface area contributed by atoms with Crippen LogP contribution in [0, 0.1) is 0 Å². The molecule has 0 unspecified atom stereocenters. The minimum absolute atomic E-state index is 0.141. The molecular weight excluding hydrogens is 350 g/mol. The lowest BCUT2D eigenvalue weighted by Gasteiger charge is -2.11. The van der Waals surface area contributed by atoms with Gasteiger partial charge < -0.3 is 10.1 Å². The number of nitrogens with two attached hydrogens (primary N) is 1. The second-order valence-corrected chi connectivity index (χ2v) is 7.04. The van der Waals surface area contributed by atoms with Crippen molar-refractivity contribution in [3.05, 3.63) is 72.4 Å². The summed E-state index contributed by atoms with van der Waals surface area (Å²) in [5.74, 6) is -0.0465. The molecule has 0 aliphatic carbocycles. The summed E-state index contributed by atoms with van der Waals surface area (Å²) in [7, 11) is 0. The predicted molar refractivity (Wildman–Crippen MR) is 109 cm³/mol. The van der Waals surface area contributed by atoms with Gasteiger partial charge in [-0.1, -0.05) is 26.0 Å². The van der Waals surface area contributed by atoms with Crippen molar-refractivity contribution in [2.24, 2.45) is 5.73 Å². The normalized spacial score (nSPS) is 11.2. The minimum Gasteiger partial charge on any atom is -0.369 e. The Bertz CT molecular complexity index is 1160. The van der Waals surface area contributed by atoms with Crippen molar-refractivity contribution in [1.82, 2.24) is 19.4 Å².